The van der Waals surface area contributed by atoms with Crippen LogP contribution in [0.4, 0.5) is 0 Å². The van der Waals surface area contributed by atoms with Crippen LogP contribution < -0.4 is 0 Å². The van der Waals surface area contributed by atoms with E-state index in [9.17, 15) is 0 Å². The zero-order valence-corrected chi connectivity index (χ0v) is 9.41. The molecule has 2 heteroatoms. The normalized spacial score (nSPS) is 19.8. The number of ether oxygens (including phenoxy) is 1. The Hall–Kier alpha value is 0.250. The van der Waals surface area contributed by atoms with Crippen LogP contribution in [0.5, 0.6) is 0 Å². The van der Waals surface area contributed by atoms with Gasteiger partial charge in [-0.15, -0.1) is 11.6 Å². The molecule has 1 fully saturated rings. The fraction of sp³-hybridized carbons (Fsp3) is 1.00. The Labute approximate surface area is 86.8 Å². The molecule has 0 aromatic carbocycles. The highest BCUT2D eigenvalue weighted by Gasteiger charge is 2.35. The van der Waals surface area contributed by atoms with E-state index in [-0.39, 0.29) is 0 Å². The lowest BCUT2D eigenvalue weighted by Crippen LogP contribution is -2.32. The van der Waals surface area contributed by atoms with Crippen molar-refractivity contribution in [3.63, 3.8) is 0 Å². The van der Waals surface area contributed by atoms with Crippen molar-refractivity contribution in [2.75, 3.05) is 19.1 Å². The van der Waals surface area contributed by atoms with Gasteiger partial charge in [0.05, 0.1) is 0 Å². The van der Waals surface area contributed by atoms with Crippen LogP contribution in [0.15, 0.2) is 0 Å². The van der Waals surface area contributed by atoms with E-state index in [2.05, 4.69) is 6.92 Å². The molecule has 0 aromatic heterocycles. The van der Waals surface area contributed by atoms with Crippen LogP contribution in [0.25, 0.3) is 0 Å². The van der Waals surface area contributed by atoms with Gasteiger partial charge in [-0.25, -0.2) is 0 Å². The lowest BCUT2D eigenvalue weighted by atomic mass is 9.68. The highest BCUT2D eigenvalue weighted by Crippen LogP contribution is 2.44. The van der Waals surface area contributed by atoms with Gasteiger partial charge in [0.1, 0.15) is 0 Å². The molecule has 0 aromatic rings. The molecule has 0 bridgehead atoms. The molecule has 1 rings (SSSR count). The molecule has 0 N–H and O–H groups in total. The first kappa shape index (κ1) is 11.3. The van der Waals surface area contributed by atoms with Crippen molar-refractivity contribution in [1.82, 2.24) is 0 Å². The second-order valence-electron chi connectivity index (χ2n) is 4.20. The van der Waals surface area contributed by atoms with Crippen molar-refractivity contribution in [3.05, 3.63) is 0 Å². The summed E-state index contributed by atoms with van der Waals surface area (Å²) in [7, 11) is 0. The summed E-state index contributed by atoms with van der Waals surface area (Å²) in [5.74, 6) is 0.824. The molecule has 13 heavy (non-hydrogen) atoms. The molecule has 1 aliphatic rings. The van der Waals surface area contributed by atoms with Crippen LogP contribution in [0, 0.1) is 5.41 Å². The maximum Gasteiger partial charge on any atom is 0.0471 e. The summed E-state index contributed by atoms with van der Waals surface area (Å²) in [4.78, 5) is 0. The molecular formula is C11H21ClO. The summed E-state index contributed by atoms with van der Waals surface area (Å²) in [5.41, 5.74) is 0.452. The van der Waals surface area contributed by atoms with Gasteiger partial charge in [0.2, 0.25) is 0 Å². The van der Waals surface area contributed by atoms with Gasteiger partial charge >= 0.3 is 0 Å². The third-order valence-corrected chi connectivity index (χ3v) is 3.68. The van der Waals surface area contributed by atoms with Crippen LogP contribution in [0.1, 0.15) is 45.4 Å². The zero-order chi connectivity index (χ0) is 9.57. The summed E-state index contributed by atoms with van der Waals surface area (Å²) in [5, 5.41) is 0. The van der Waals surface area contributed by atoms with E-state index in [1.807, 2.05) is 0 Å². The predicted octanol–water partition coefficient (Wildman–Crippen LogP) is 3.60. The van der Waals surface area contributed by atoms with E-state index in [4.69, 9.17) is 16.3 Å². The Bertz CT molecular complexity index is 127. The second kappa shape index (κ2) is 5.87. The second-order valence-corrected chi connectivity index (χ2v) is 4.47. The summed E-state index contributed by atoms with van der Waals surface area (Å²) in [6.07, 6.45) is 7.57. The summed E-state index contributed by atoms with van der Waals surface area (Å²) in [6.45, 7) is 4.02. The van der Waals surface area contributed by atoms with Crippen molar-refractivity contribution >= 4 is 11.6 Å². The SMILES string of the molecule is CCCCOCCC1(CCl)CCC1. The van der Waals surface area contributed by atoms with Crippen LogP contribution in [0.3, 0.4) is 0 Å². The van der Waals surface area contributed by atoms with Crippen LogP contribution in [-0.4, -0.2) is 19.1 Å². The summed E-state index contributed by atoms with van der Waals surface area (Å²) < 4.78 is 5.55. The molecule has 0 amide bonds. The molecule has 0 atom stereocenters. The monoisotopic (exact) mass is 204 g/mol. The molecule has 0 heterocycles. The van der Waals surface area contributed by atoms with Crippen molar-refractivity contribution in [3.8, 4) is 0 Å². The fourth-order valence-electron chi connectivity index (χ4n) is 1.76. The molecule has 0 unspecified atom stereocenters. The lowest BCUT2D eigenvalue weighted by Gasteiger charge is -2.40. The molecule has 78 valence electrons. The van der Waals surface area contributed by atoms with Gasteiger partial charge in [-0.3, -0.25) is 0 Å². The van der Waals surface area contributed by atoms with Crippen LogP contribution >= 0.6 is 11.6 Å². The summed E-state index contributed by atoms with van der Waals surface area (Å²) in [6, 6.07) is 0. The molecule has 0 aliphatic heterocycles. The Kier molecular flexibility index (Phi) is 5.12. The van der Waals surface area contributed by atoms with Crippen molar-refractivity contribution in [2.24, 2.45) is 5.41 Å². The van der Waals surface area contributed by atoms with Crippen molar-refractivity contribution < 1.29 is 4.74 Å². The topological polar surface area (TPSA) is 9.23 Å². The van der Waals surface area contributed by atoms with Gasteiger partial charge in [-0.2, -0.15) is 0 Å². The van der Waals surface area contributed by atoms with E-state index < -0.39 is 0 Å². The molecule has 0 saturated heterocycles. The first-order chi connectivity index (χ1) is 6.33. The van der Waals surface area contributed by atoms with Crippen LogP contribution in [0.2, 0.25) is 0 Å². The average Bonchev–Trinajstić information content (AvgIpc) is 2.09. The maximum absolute atomic E-state index is 5.94. The van der Waals surface area contributed by atoms with E-state index in [1.54, 1.807) is 0 Å². The predicted molar refractivity (Wildman–Crippen MR) is 57.3 cm³/mol. The standard InChI is InChI=1S/C11H21ClO/c1-2-3-8-13-9-7-11(10-12)5-4-6-11/h2-10H2,1H3. The number of hydrogen-bond acceptors (Lipinski definition) is 1. The number of alkyl halides is 1. The number of unbranched alkanes of at least 4 members (excludes halogenated alkanes) is 1. The maximum atomic E-state index is 5.94. The van der Waals surface area contributed by atoms with Gasteiger partial charge in [0.15, 0.2) is 0 Å². The molecule has 1 saturated carbocycles. The minimum absolute atomic E-state index is 0.452. The Balaban J connectivity index is 1.98. The number of rotatable bonds is 7. The van der Waals surface area contributed by atoms with E-state index in [1.165, 1.54) is 38.5 Å². The van der Waals surface area contributed by atoms with E-state index in [0.717, 1.165) is 19.1 Å². The van der Waals surface area contributed by atoms with Gasteiger partial charge in [0, 0.05) is 19.1 Å². The first-order valence-corrected chi connectivity index (χ1v) is 6.00. The lowest BCUT2D eigenvalue weighted by molar-refractivity contribution is 0.0632. The molecule has 0 spiro atoms. The molecule has 1 aliphatic carbocycles. The van der Waals surface area contributed by atoms with E-state index >= 15 is 0 Å². The number of hydrogen-bond donors (Lipinski definition) is 0. The largest absolute Gasteiger partial charge is 0.381 e. The average molecular weight is 205 g/mol. The van der Waals surface area contributed by atoms with Gasteiger partial charge in [0.25, 0.3) is 0 Å². The fourth-order valence-corrected chi connectivity index (χ4v) is 2.17. The minimum Gasteiger partial charge on any atom is -0.381 e. The number of halogens is 1. The first-order valence-electron chi connectivity index (χ1n) is 5.47. The zero-order valence-electron chi connectivity index (χ0n) is 8.65. The third kappa shape index (κ3) is 3.47. The summed E-state index contributed by atoms with van der Waals surface area (Å²) >= 11 is 5.94. The Morgan fingerprint density at radius 3 is 2.54 bits per heavy atom. The van der Waals surface area contributed by atoms with Crippen LogP contribution in [-0.2, 0) is 4.74 Å². The van der Waals surface area contributed by atoms with E-state index in [0.29, 0.717) is 5.41 Å². The Morgan fingerprint density at radius 1 is 1.31 bits per heavy atom. The Morgan fingerprint density at radius 2 is 2.08 bits per heavy atom. The van der Waals surface area contributed by atoms with Crippen molar-refractivity contribution in [2.45, 2.75) is 45.4 Å². The highest BCUT2D eigenvalue weighted by molar-refractivity contribution is 6.18. The van der Waals surface area contributed by atoms with Gasteiger partial charge in [-0.1, -0.05) is 19.8 Å². The molecular weight excluding hydrogens is 184 g/mol. The smallest absolute Gasteiger partial charge is 0.0471 e. The molecule has 0 radical (unpaired) electrons. The quantitative estimate of drug-likeness (QED) is 0.455. The molecule has 1 nitrogen and oxygen atoms in total. The minimum atomic E-state index is 0.452. The van der Waals surface area contributed by atoms with Crippen molar-refractivity contribution in [1.29, 1.82) is 0 Å². The van der Waals surface area contributed by atoms with Gasteiger partial charge in [-0.05, 0) is 31.1 Å². The third-order valence-electron chi connectivity index (χ3n) is 3.12. The van der Waals surface area contributed by atoms with Gasteiger partial charge < -0.3 is 4.74 Å². The highest BCUT2D eigenvalue weighted by atomic mass is 35.5.